The highest BCUT2D eigenvalue weighted by atomic mass is 35.5. The molecule has 0 unspecified atom stereocenters. The molecule has 1 aromatic heterocycles. The number of thioether (sulfide) groups is 1. The minimum Gasteiger partial charge on any atom is -0.477 e. The average Bonchev–Trinajstić information content (AvgIpc) is 1.03. The van der Waals surface area contributed by atoms with Gasteiger partial charge in [-0.1, -0.05) is 65.7 Å². The first-order chi connectivity index (χ1) is 53.8. The molecule has 3 fully saturated rings. The zero-order valence-corrected chi connectivity index (χ0v) is 64.4. The summed E-state index contributed by atoms with van der Waals surface area (Å²) in [6.45, 7) is 13.0. The number of carbonyl (C=O) groups is 5. The summed E-state index contributed by atoms with van der Waals surface area (Å²) in [7, 11) is 0. The first kappa shape index (κ1) is 93.2. The second kappa shape index (κ2) is 59.1. The van der Waals surface area contributed by atoms with Gasteiger partial charge in [0.1, 0.15) is 17.9 Å². The van der Waals surface area contributed by atoms with Crippen molar-refractivity contribution in [3.05, 3.63) is 82.6 Å². The Hall–Kier alpha value is -5.67. The zero-order chi connectivity index (χ0) is 78.2. The third-order valence-corrected chi connectivity index (χ3v) is 18.5. The monoisotopic (exact) mass is 1610 g/mol. The third kappa shape index (κ3) is 41.4. The van der Waals surface area contributed by atoms with Crippen molar-refractivity contribution in [2.24, 2.45) is 0 Å². The predicted molar refractivity (Wildman–Crippen MR) is 397 cm³/mol. The molecule has 10 N–H and O–H groups in total. The molecule has 110 heavy (non-hydrogen) atoms. The number of aromatic nitrogens is 3. The van der Waals surface area contributed by atoms with Gasteiger partial charge in [-0.3, -0.25) is 9.59 Å². The van der Waals surface area contributed by atoms with Gasteiger partial charge in [0.2, 0.25) is 11.8 Å². The molecule has 3 aliphatic rings. The number of ether oxygens (including phenoxy) is 18. The second-order valence-corrected chi connectivity index (χ2v) is 26.9. The molecule has 4 heterocycles. The van der Waals surface area contributed by atoms with Gasteiger partial charge in [0, 0.05) is 48.5 Å². The van der Waals surface area contributed by atoms with Crippen LogP contribution in [0.1, 0.15) is 48.9 Å². The fourth-order valence-corrected chi connectivity index (χ4v) is 12.7. The molecular weight excluding hydrogens is 1490 g/mol. The number of hydrogen-bond donors (Lipinski definition) is 10. The van der Waals surface area contributed by atoms with Crippen molar-refractivity contribution in [2.75, 3.05) is 230 Å². The van der Waals surface area contributed by atoms with Crippen LogP contribution in [0, 0.1) is 0 Å². The number of hydrogen-bond acceptors (Lipinski definition) is 29. The van der Waals surface area contributed by atoms with Crippen LogP contribution in [0.3, 0.4) is 0 Å². The molecule has 3 aromatic rings. The summed E-state index contributed by atoms with van der Waals surface area (Å²) in [5.74, 6) is -3.63. The van der Waals surface area contributed by atoms with Crippen LogP contribution in [-0.2, 0) is 126 Å². The lowest BCUT2D eigenvalue weighted by atomic mass is 9.88. The van der Waals surface area contributed by atoms with E-state index in [4.69, 9.17) is 96.9 Å². The van der Waals surface area contributed by atoms with Gasteiger partial charge in [-0.25, -0.2) is 19.1 Å². The highest BCUT2D eigenvalue weighted by Crippen LogP contribution is 2.35. The molecule has 38 heteroatoms. The van der Waals surface area contributed by atoms with E-state index >= 15 is 0 Å². The summed E-state index contributed by atoms with van der Waals surface area (Å²) in [5.41, 5.74) is 1.91. The van der Waals surface area contributed by atoms with Crippen LogP contribution >= 0.6 is 23.4 Å². The molecule has 3 saturated heterocycles. The van der Waals surface area contributed by atoms with Crippen molar-refractivity contribution in [1.29, 1.82) is 0 Å². The fraction of sp³-hybridized carbons (Fsp3) is 0.736. The number of rotatable bonds is 69. The van der Waals surface area contributed by atoms with E-state index < -0.39 is 67.1 Å². The largest absolute Gasteiger partial charge is 0.477 e. The number of aliphatic carboxylic acids is 1. The number of nitrogens with zero attached hydrogens (tertiary/aromatic N) is 3. The number of urea groups is 2. The first-order valence-electron chi connectivity index (χ1n) is 37.6. The Bertz CT molecular complexity index is 2900. The van der Waals surface area contributed by atoms with E-state index in [1.165, 1.54) is 0 Å². The zero-order valence-electron chi connectivity index (χ0n) is 62.8. The molecule has 6 rings (SSSR count). The maximum Gasteiger partial charge on any atom is 0.364 e. The number of benzene rings is 2. The van der Waals surface area contributed by atoms with E-state index in [0.29, 0.717) is 232 Å². The van der Waals surface area contributed by atoms with Gasteiger partial charge >= 0.3 is 18.0 Å². The van der Waals surface area contributed by atoms with Gasteiger partial charge in [-0.2, -0.15) is 11.8 Å². The van der Waals surface area contributed by atoms with Crippen LogP contribution in [0.15, 0.2) is 60.8 Å². The number of unbranched alkanes of at least 4 members (excludes halogenated alkanes) is 1. The standard InChI is InChI=1S/C72H116ClN9O27S/c73-57-12-10-55(11-13-57)48-64(86)76-50-61(84)67(87)68-66(60(83)49-72(109-68,69(88)89)108-52-56-6-2-1-3-7-56)79-70(90)75-15-18-93-21-24-96-27-30-105-44-45-106-46-47-107-53-58-51-82(81-80-58)16-19-94-22-25-97-28-31-99-33-35-101-37-39-103-41-43-104-42-40-102-38-36-100-34-32-98-29-26-95-23-20-92-17-14-74-63(85)9-5-4-8-62-65-59(54-110-62)77-71(91)78-65/h1-3,6-7,10-13,51,59-62,65-68,83-84,87H,4-5,8-9,14-50,52-54H2,(H,74,85)(H,76,86)(H,88,89)(H2,75,79,90)(H2,77,78,91)/t59-,60-,61+,62-,65-,66+,67+,68+,72+/m0/s1. The summed E-state index contributed by atoms with van der Waals surface area (Å²) in [6, 6.07) is 13.3. The molecule has 0 saturated carbocycles. The van der Waals surface area contributed by atoms with Crippen LogP contribution in [0.4, 0.5) is 9.59 Å². The quantitative estimate of drug-likeness (QED) is 0.0271. The first-order valence-corrected chi connectivity index (χ1v) is 39.0. The van der Waals surface area contributed by atoms with E-state index in [-0.39, 0.29) is 70.0 Å². The SMILES string of the molecule is O=C(CCCC[C@@H]1SC[C@@H]2NC(=O)N[C@@H]21)NCCOCCOCCOCCOCCOCCOCCOCCOCCOCCOCCOCCn1cc(COCCOCCOCCOCCOCCNC(=O)N[C@H]2[C@H]([C@H](O)[C@H](O)CNC(=O)Cc3ccc(Cl)cc3)O[C@@](OCc3ccccc3)(C(=O)O)C[C@@H]2O)nn1. The molecule has 624 valence electrons. The number of aliphatic hydroxyl groups excluding tert-OH is 3. The topological polar surface area (TPSA) is 435 Å². The summed E-state index contributed by atoms with van der Waals surface area (Å²) < 4.78 is 102. The van der Waals surface area contributed by atoms with Crippen LogP contribution in [0.2, 0.25) is 5.02 Å². The van der Waals surface area contributed by atoms with Crippen LogP contribution < -0.4 is 31.9 Å². The molecule has 2 aromatic carbocycles. The minimum absolute atomic E-state index is 0.0178. The molecule has 0 radical (unpaired) electrons. The van der Waals surface area contributed by atoms with Gasteiger partial charge in [-0.15, -0.1) is 5.10 Å². The molecule has 9 atom stereocenters. The number of halogens is 1. The summed E-state index contributed by atoms with van der Waals surface area (Å²) in [5, 5.41) is 69.7. The highest BCUT2D eigenvalue weighted by Gasteiger charge is 2.56. The van der Waals surface area contributed by atoms with Crippen molar-refractivity contribution >= 4 is 53.2 Å². The summed E-state index contributed by atoms with van der Waals surface area (Å²) >= 11 is 7.83. The van der Waals surface area contributed by atoms with Gasteiger partial charge in [0.15, 0.2) is 0 Å². The van der Waals surface area contributed by atoms with E-state index in [2.05, 4.69) is 42.2 Å². The molecular formula is C72H116ClN9O27S. The van der Waals surface area contributed by atoms with E-state index in [1.807, 2.05) is 11.8 Å². The number of carboxylic acids is 1. The number of aliphatic hydroxyl groups is 3. The Morgan fingerprint density at radius 1 is 0.582 bits per heavy atom. The van der Waals surface area contributed by atoms with Crippen LogP contribution in [-0.4, -0.2) is 349 Å². The lowest BCUT2D eigenvalue weighted by Gasteiger charge is -2.46. The number of amides is 6. The minimum atomic E-state index is -2.49. The van der Waals surface area contributed by atoms with Crippen LogP contribution in [0.5, 0.6) is 0 Å². The van der Waals surface area contributed by atoms with Gasteiger partial charge < -0.3 is 138 Å². The Labute approximate surface area is 651 Å². The van der Waals surface area contributed by atoms with Crippen molar-refractivity contribution in [1.82, 2.24) is 46.9 Å². The third-order valence-electron chi connectivity index (χ3n) is 16.7. The van der Waals surface area contributed by atoms with E-state index in [9.17, 15) is 44.4 Å². The number of carbonyl (C=O) groups excluding carboxylic acids is 4. The molecule has 0 aliphatic carbocycles. The van der Waals surface area contributed by atoms with Crippen molar-refractivity contribution in [2.45, 2.75) is 112 Å². The second-order valence-electron chi connectivity index (χ2n) is 25.2. The molecule has 36 nitrogen and oxygen atoms in total. The average molecular weight is 1610 g/mol. The summed E-state index contributed by atoms with van der Waals surface area (Å²) in [4.78, 5) is 62.1. The Kier molecular flexibility index (Phi) is 50.1. The number of carboxylic acid groups (broad SMARTS) is 1. The molecule has 0 bridgehead atoms. The Morgan fingerprint density at radius 2 is 1.06 bits per heavy atom. The molecule has 6 amide bonds. The van der Waals surface area contributed by atoms with E-state index in [1.54, 1.807) is 65.5 Å². The smallest absolute Gasteiger partial charge is 0.364 e. The van der Waals surface area contributed by atoms with Gasteiger partial charge in [0.05, 0.1) is 268 Å². The van der Waals surface area contributed by atoms with Gasteiger partial charge in [0.25, 0.3) is 5.79 Å². The van der Waals surface area contributed by atoms with E-state index in [0.717, 1.165) is 25.0 Å². The summed E-state index contributed by atoms with van der Waals surface area (Å²) in [6.07, 6.45) is -2.73. The molecule has 3 aliphatic heterocycles. The lowest BCUT2D eigenvalue weighted by molar-refractivity contribution is -0.313. The van der Waals surface area contributed by atoms with Crippen molar-refractivity contribution in [3.8, 4) is 0 Å². The molecule has 0 spiro atoms. The fourth-order valence-electron chi connectivity index (χ4n) is 11.0. The number of fused-ring (bicyclic) bond motifs is 1. The van der Waals surface area contributed by atoms with Crippen molar-refractivity contribution in [3.63, 3.8) is 0 Å². The Balaban J connectivity index is 0.612. The van der Waals surface area contributed by atoms with Crippen molar-refractivity contribution < 1.29 is 130 Å². The normalized spacial score (nSPS) is 19.4. The van der Waals surface area contributed by atoms with Crippen LogP contribution in [0.25, 0.3) is 0 Å². The lowest BCUT2D eigenvalue weighted by Crippen LogP contribution is -2.68. The number of nitrogens with one attached hydrogen (secondary N) is 6. The Morgan fingerprint density at radius 3 is 1.57 bits per heavy atom. The predicted octanol–water partition coefficient (Wildman–Crippen LogP) is 0.435. The highest BCUT2D eigenvalue weighted by molar-refractivity contribution is 8.00. The maximum atomic E-state index is 13.1. The van der Waals surface area contributed by atoms with Gasteiger partial charge in [-0.05, 0) is 36.1 Å². The maximum absolute atomic E-state index is 13.1.